The Hall–Kier alpha value is -8.24. The third-order valence-corrected chi connectivity index (χ3v) is 14.3. The SMILES string of the molecule is c1ccc(-c2ccc(-c3ccc(N(c4ccc(-c5ccc(-c6ccccc6)c6sc7ccccc7c56)cc4)c4cccc5ccc6ccccc6c45)c4c3oc3ccccc34)cc2)cc1. The fourth-order valence-electron chi connectivity index (χ4n) is 10.0. The van der Waals surface area contributed by atoms with Crippen molar-refractivity contribution in [2.75, 3.05) is 4.90 Å². The monoisotopic (exact) mass is 845 g/mol. The van der Waals surface area contributed by atoms with E-state index in [0.717, 1.165) is 50.1 Å². The van der Waals surface area contributed by atoms with E-state index in [0.29, 0.717) is 0 Å². The number of para-hydroxylation sites is 1. The predicted molar refractivity (Wildman–Crippen MR) is 278 cm³/mol. The van der Waals surface area contributed by atoms with E-state index in [9.17, 15) is 0 Å². The molecule has 2 heterocycles. The topological polar surface area (TPSA) is 16.4 Å². The highest BCUT2D eigenvalue weighted by molar-refractivity contribution is 7.26. The first-order valence-corrected chi connectivity index (χ1v) is 23.0. The molecule has 13 rings (SSSR count). The molecule has 0 spiro atoms. The molecule has 0 aliphatic rings. The van der Waals surface area contributed by atoms with Crippen LogP contribution in [0.4, 0.5) is 17.1 Å². The van der Waals surface area contributed by atoms with Crippen LogP contribution >= 0.6 is 11.3 Å². The summed E-state index contributed by atoms with van der Waals surface area (Å²) in [6, 6.07) is 85.8. The summed E-state index contributed by atoms with van der Waals surface area (Å²) in [6.07, 6.45) is 0. The van der Waals surface area contributed by atoms with Crippen molar-refractivity contribution in [2.24, 2.45) is 0 Å². The molecular weight excluding hydrogens is 807 g/mol. The Labute approximate surface area is 380 Å². The lowest BCUT2D eigenvalue weighted by Gasteiger charge is -2.28. The van der Waals surface area contributed by atoms with Gasteiger partial charge in [-0.1, -0.05) is 194 Å². The zero-order valence-electron chi connectivity index (χ0n) is 35.3. The summed E-state index contributed by atoms with van der Waals surface area (Å²) in [6.45, 7) is 0. The van der Waals surface area contributed by atoms with Gasteiger partial charge >= 0.3 is 0 Å². The summed E-state index contributed by atoms with van der Waals surface area (Å²) in [5.74, 6) is 0. The van der Waals surface area contributed by atoms with E-state index >= 15 is 0 Å². The molecule has 0 bridgehead atoms. The summed E-state index contributed by atoms with van der Waals surface area (Å²) in [7, 11) is 0. The van der Waals surface area contributed by atoms with Gasteiger partial charge in [-0.15, -0.1) is 11.3 Å². The fourth-order valence-corrected chi connectivity index (χ4v) is 11.3. The maximum Gasteiger partial charge on any atom is 0.145 e. The minimum atomic E-state index is 0.863. The quantitative estimate of drug-likeness (QED) is 0.149. The van der Waals surface area contributed by atoms with Gasteiger partial charge in [0.05, 0.1) is 16.8 Å². The standard InChI is InChI=1S/C62H39NOS/c1-3-14-40(15-4-1)41-26-28-45(29-27-41)50-38-39-55(60-52-21-9-11-24-56(52)64-61(50)60)63(54-23-13-19-46-31-30-43-18-7-8-20-48(43)58(46)54)47-34-32-44(33-35-47)49-36-37-51(42-16-5-2-6-17-42)62-59(49)53-22-10-12-25-57(53)65-62/h1-39H. The van der Waals surface area contributed by atoms with Gasteiger partial charge in [-0.2, -0.15) is 0 Å². The third kappa shape index (κ3) is 6.16. The largest absolute Gasteiger partial charge is 0.455 e. The zero-order chi connectivity index (χ0) is 42.8. The average molecular weight is 846 g/mol. The number of thiophene rings is 1. The van der Waals surface area contributed by atoms with Gasteiger partial charge in [0.15, 0.2) is 0 Å². The van der Waals surface area contributed by atoms with Gasteiger partial charge in [-0.05, 0) is 97.6 Å². The first kappa shape index (κ1) is 37.3. The number of hydrogen-bond acceptors (Lipinski definition) is 3. The molecule has 0 unspecified atom stereocenters. The molecule has 13 aromatic rings. The molecule has 3 heteroatoms. The lowest BCUT2D eigenvalue weighted by molar-refractivity contribution is 0.670. The lowest BCUT2D eigenvalue weighted by atomic mass is 9.94. The van der Waals surface area contributed by atoms with Crippen LogP contribution in [0.2, 0.25) is 0 Å². The van der Waals surface area contributed by atoms with Gasteiger partial charge in [0, 0.05) is 42.2 Å². The van der Waals surface area contributed by atoms with E-state index in [4.69, 9.17) is 4.42 Å². The van der Waals surface area contributed by atoms with Gasteiger partial charge in [-0.25, -0.2) is 0 Å². The maximum absolute atomic E-state index is 6.93. The molecule has 0 amide bonds. The summed E-state index contributed by atoms with van der Waals surface area (Å²) < 4.78 is 9.54. The predicted octanol–water partition coefficient (Wildman–Crippen LogP) is 18.4. The van der Waals surface area contributed by atoms with Crippen LogP contribution in [0.1, 0.15) is 0 Å². The van der Waals surface area contributed by atoms with E-state index < -0.39 is 0 Å². The molecule has 0 radical (unpaired) electrons. The number of nitrogens with zero attached hydrogens (tertiary/aromatic N) is 1. The van der Waals surface area contributed by atoms with Crippen LogP contribution < -0.4 is 4.90 Å². The normalized spacial score (nSPS) is 11.7. The molecular formula is C62H39NOS. The van der Waals surface area contributed by atoms with Gasteiger partial charge < -0.3 is 9.32 Å². The second-order valence-electron chi connectivity index (χ2n) is 16.8. The van der Waals surface area contributed by atoms with Crippen molar-refractivity contribution >= 4 is 92.1 Å². The first-order chi connectivity index (χ1) is 32.2. The zero-order valence-corrected chi connectivity index (χ0v) is 36.1. The summed E-state index contributed by atoms with van der Waals surface area (Å²) >= 11 is 1.88. The molecule has 2 nitrogen and oxygen atoms in total. The second kappa shape index (κ2) is 15.2. The number of anilines is 3. The van der Waals surface area contributed by atoms with Crippen molar-refractivity contribution in [3.8, 4) is 44.5 Å². The molecule has 0 saturated heterocycles. The van der Waals surface area contributed by atoms with E-state index in [-0.39, 0.29) is 0 Å². The number of benzene rings is 11. The van der Waals surface area contributed by atoms with E-state index in [1.807, 2.05) is 11.3 Å². The van der Waals surface area contributed by atoms with Crippen LogP contribution in [0.3, 0.4) is 0 Å². The molecule has 65 heavy (non-hydrogen) atoms. The van der Waals surface area contributed by atoms with Crippen molar-refractivity contribution in [1.82, 2.24) is 0 Å². The van der Waals surface area contributed by atoms with Crippen molar-refractivity contribution in [3.05, 3.63) is 237 Å². The third-order valence-electron chi connectivity index (χ3n) is 13.1. The van der Waals surface area contributed by atoms with E-state index in [2.05, 4.69) is 241 Å². The minimum Gasteiger partial charge on any atom is -0.455 e. The van der Waals surface area contributed by atoms with Crippen LogP contribution in [0.15, 0.2) is 241 Å². The molecule has 0 N–H and O–H groups in total. The Kier molecular flexibility index (Phi) is 8.75. The molecule has 0 aliphatic carbocycles. The van der Waals surface area contributed by atoms with E-state index in [1.165, 1.54) is 75.1 Å². The highest BCUT2D eigenvalue weighted by atomic mass is 32.1. The summed E-state index contributed by atoms with van der Waals surface area (Å²) in [5, 5.41) is 9.58. The Morgan fingerprint density at radius 1 is 0.323 bits per heavy atom. The summed E-state index contributed by atoms with van der Waals surface area (Å²) in [5.41, 5.74) is 14.4. The van der Waals surface area contributed by atoms with Crippen LogP contribution in [-0.2, 0) is 0 Å². The van der Waals surface area contributed by atoms with Gasteiger partial charge in [0.2, 0.25) is 0 Å². The molecule has 304 valence electrons. The van der Waals surface area contributed by atoms with Crippen LogP contribution in [0.5, 0.6) is 0 Å². The highest BCUT2D eigenvalue weighted by Gasteiger charge is 2.24. The molecule has 2 aromatic heterocycles. The number of furan rings is 1. The maximum atomic E-state index is 6.93. The number of fused-ring (bicyclic) bond motifs is 9. The highest BCUT2D eigenvalue weighted by Crippen LogP contribution is 2.50. The smallest absolute Gasteiger partial charge is 0.145 e. The molecule has 0 atom stereocenters. The second-order valence-corrected chi connectivity index (χ2v) is 17.8. The minimum absolute atomic E-state index is 0.863. The van der Waals surface area contributed by atoms with Crippen molar-refractivity contribution < 1.29 is 4.42 Å². The molecule has 11 aromatic carbocycles. The van der Waals surface area contributed by atoms with Gasteiger partial charge in [-0.3, -0.25) is 0 Å². The number of hydrogen-bond donors (Lipinski definition) is 0. The fraction of sp³-hybridized carbons (Fsp3) is 0. The lowest BCUT2D eigenvalue weighted by Crippen LogP contribution is -2.11. The Balaban J connectivity index is 1.03. The van der Waals surface area contributed by atoms with E-state index in [1.54, 1.807) is 0 Å². The first-order valence-electron chi connectivity index (χ1n) is 22.2. The van der Waals surface area contributed by atoms with Gasteiger partial charge in [0.25, 0.3) is 0 Å². The average Bonchev–Trinajstić information content (AvgIpc) is 3.97. The molecule has 0 saturated carbocycles. The van der Waals surface area contributed by atoms with Crippen molar-refractivity contribution in [3.63, 3.8) is 0 Å². The Bertz CT molecular complexity index is 3920. The Morgan fingerprint density at radius 2 is 0.877 bits per heavy atom. The number of rotatable bonds is 7. The van der Waals surface area contributed by atoms with Crippen LogP contribution in [0.25, 0.3) is 108 Å². The van der Waals surface area contributed by atoms with Crippen LogP contribution in [-0.4, -0.2) is 0 Å². The van der Waals surface area contributed by atoms with Crippen molar-refractivity contribution in [1.29, 1.82) is 0 Å². The molecule has 0 fully saturated rings. The van der Waals surface area contributed by atoms with Crippen molar-refractivity contribution in [2.45, 2.75) is 0 Å². The molecule has 0 aliphatic heterocycles. The van der Waals surface area contributed by atoms with Crippen LogP contribution in [0, 0.1) is 0 Å². The van der Waals surface area contributed by atoms with Gasteiger partial charge in [0.1, 0.15) is 11.2 Å². The summed E-state index contributed by atoms with van der Waals surface area (Å²) in [4.78, 5) is 2.46. The Morgan fingerprint density at radius 3 is 1.69 bits per heavy atom.